The first-order valence-electron chi connectivity index (χ1n) is 6.84. The number of carbonyl (C=O) groups excluding carboxylic acids is 2. The zero-order chi connectivity index (χ0) is 15.9. The second kappa shape index (κ2) is 8.53. The van der Waals surface area contributed by atoms with Gasteiger partial charge in [0.2, 0.25) is 5.91 Å². The van der Waals surface area contributed by atoms with E-state index >= 15 is 0 Å². The van der Waals surface area contributed by atoms with E-state index in [9.17, 15) is 9.59 Å². The molecule has 0 aromatic heterocycles. The second-order valence-electron chi connectivity index (χ2n) is 5.18. The Balaban J connectivity index is 2.23. The molecule has 0 aromatic rings. The number of carbonyl (C=O) groups is 2. The first-order valence-corrected chi connectivity index (χ1v) is 7.17. The smallest absolute Gasteiger partial charge is 0.257 e. The van der Waals surface area contributed by atoms with Gasteiger partial charge in [-0.3, -0.25) is 9.59 Å². The van der Waals surface area contributed by atoms with Crippen LogP contribution in [-0.4, -0.2) is 79.9 Å². The molecule has 0 saturated carbocycles. The molecule has 21 heavy (non-hydrogen) atoms. The van der Waals surface area contributed by atoms with Crippen molar-refractivity contribution in [2.75, 3.05) is 53.2 Å². The Morgan fingerprint density at radius 2 is 1.67 bits per heavy atom. The first kappa shape index (κ1) is 18.2. The van der Waals surface area contributed by atoms with E-state index < -0.39 is 5.54 Å². The number of ether oxygens (including phenoxy) is 3. The molecule has 0 spiro atoms. The van der Waals surface area contributed by atoms with Gasteiger partial charge >= 0.3 is 0 Å². The van der Waals surface area contributed by atoms with Crippen LogP contribution in [0.4, 0.5) is 0 Å². The fourth-order valence-electron chi connectivity index (χ4n) is 1.90. The number of hydrogen-bond acceptors (Lipinski definition) is 5. The number of piperazine rings is 1. The summed E-state index contributed by atoms with van der Waals surface area (Å²) in [5.41, 5.74) is -1.03. The summed E-state index contributed by atoms with van der Waals surface area (Å²) < 4.78 is 16.4. The second-order valence-corrected chi connectivity index (χ2v) is 5.52. The minimum absolute atomic E-state index is 0.0144. The Kier molecular flexibility index (Phi) is 7.37. The van der Waals surface area contributed by atoms with Crippen LogP contribution in [0.25, 0.3) is 0 Å². The van der Waals surface area contributed by atoms with Gasteiger partial charge in [0.05, 0.1) is 33.0 Å². The summed E-state index contributed by atoms with van der Waals surface area (Å²) in [5.74, 6) is -0.471. The van der Waals surface area contributed by atoms with Crippen LogP contribution in [0, 0.1) is 0 Å². The molecular weight excluding hydrogens is 300 g/mol. The topological polar surface area (TPSA) is 68.3 Å². The SMILES string of the molecule is COCCOCCOCCN1CC(=O)N(Cl)C(C)(C)C1=O. The van der Waals surface area contributed by atoms with Gasteiger partial charge < -0.3 is 19.1 Å². The maximum atomic E-state index is 12.2. The van der Waals surface area contributed by atoms with Crippen molar-refractivity contribution in [3.63, 3.8) is 0 Å². The molecule has 0 N–H and O–H groups in total. The Labute approximate surface area is 130 Å². The average Bonchev–Trinajstić information content (AvgIpc) is 2.45. The van der Waals surface area contributed by atoms with Gasteiger partial charge in [-0.1, -0.05) is 0 Å². The normalized spacial score (nSPS) is 18.5. The predicted octanol–water partition coefficient (Wildman–Crippen LogP) is 0.269. The Morgan fingerprint density at radius 1 is 1.10 bits per heavy atom. The van der Waals surface area contributed by atoms with Gasteiger partial charge in [0.1, 0.15) is 12.1 Å². The highest BCUT2D eigenvalue weighted by molar-refractivity contribution is 6.25. The summed E-state index contributed by atoms with van der Waals surface area (Å²) in [6.07, 6.45) is 0. The first-order chi connectivity index (χ1) is 9.91. The third kappa shape index (κ3) is 5.10. The van der Waals surface area contributed by atoms with Crippen molar-refractivity contribution in [3.05, 3.63) is 0 Å². The van der Waals surface area contributed by atoms with E-state index in [0.717, 1.165) is 4.42 Å². The minimum Gasteiger partial charge on any atom is -0.382 e. The van der Waals surface area contributed by atoms with Crippen molar-refractivity contribution in [2.24, 2.45) is 0 Å². The number of halogens is 1. The number of rotatable bonds is 9. The minimum atomic E-state index is -1.03. The molecule has 0 unspecified atom stereocenters. The van der Waals surface area contributed by atoms with Crippen LogP contribution < -0.4 is 0 Å². The van der Waals surface area contributed by atoms with E-state index in [-0.39, 0.29) is 18.4 Å². The molecule has 0 radical (unpaired) electrons. The third-order valence-corrected chi connectivity index (χ3v) is 3.77. The van der Waals surface area contributed by atoms with Gasteiger partial charge in [-0.05, 0) is 13.8 Å². The van der Waals surface area contributed by atoms with Crippen molar-refractivity contribution in [2.45, 2.75) is 19.4 Å². The fraction of sp³-hybridized carbons (Fsp3) is 0.846. The van der Waals surface area contributed by atoms with Gasteiger partial charge in [0.25, 0.3) is 5.91 Å². The lowest BCUT2D eigenvalue weighted by Gasteiger charge is -2.41. The molecule has 1 rings (SSSR count). The summed E-state index contributed by atoms with van der Waals surface area (Å²) in [7, 11) is 1.61. The predicted molar refractivity (Wildman–Crippen MR) is 76.9 cm³/mol. The number of amides is 2. The molecule has 0 atom stereocenters. The van der Waals surface area contributed by atoms with Gasteiger partial charge in [-0.15, -0.1) is 0 Å². The average molecular weight is 323 g/mol. The van der Waals surface area contributed by atoms with Crippen LogP contribution in [-0.2, 0) is 23.8 Å². The zero-order valence-corrected chi connectivity index (χ0v) is 13.5. The molecule has 0 bridgehead atoms. The van der Waals surface area contributed by atoms with E-state index in [0.29, 0.717) is 39.6 Å². The summed E-state index contributed by atoms with van der Waals surface area (Å²) >= 11 is 5.84. The van der Waals surface area contributed by atoms with Crippen molar-refractivity contribution < 1.29 is 23.8 Å². The quantitative estimate of drug-likeness (QED) is 0.450. The van der Waals surface area contributed by atoms with Crippen LogP contribution in [0.5, 0.6) is 0 Å². The standard InChI is InChI=1S/C13H23ClN2O5/c1-13(2)12(18)15(10-11(17)16(13)14)4-5-20-8-9-21-7-6-19-3/h4-10H2,1-3H3. The van der Waals surface area contributed by atoms with E-state index in [1.807, 2.05) is 0 Å². The lowest BCUT2D eigenvalue weighted by molar-refractivity contribution is -0.156. The summed E-state index contributed by atoms with van der Waals surface area (Å²) in [6, 6.07) is 0. The number of nitrogens with zero attached hydrogens (tertiary/aromatic N) is 2. The molecular formula is C13H23ClN2O5. The third-order valence-electron chi connectivity index (χ3n) is 3.16. The highest BCUT2D eigenvalue weighted by Crippen LogP contribution is 2.24. The maximum absolute atomic E-state index is 12.2. The van der Waals surface area contributed by atoms with Crippen LogP contribution in [0.1, 0.15) is 13.8 Å². The molecule has 7 nitrogen and oxygen atoms in total. The van der Waals surface area contributed by atoms with E-state index in [1.165, 1.54) is 4.90 Å². The molecule has 1 aliphatic heterocycles. The van der Waals surface area contributed by atoms with E-state index in [4.69, 9.17) is 26.0 Å². The van der Waals surface area contributed by atoms with Crippen LogP contribution in [0.2, 0.25) is 0 Å². The molecule has 8 heteroatoms. The summed E-state index contributed by atoms with van der Waals surface area (Å²) in [5, 5.41) is 0. The van der Waals surface area contributed by atoms with Crippen molar-refractivity contribution in [3.8, 4) is 0 Å². The van der Waals surface area contributed by atoms with Crippen molar-refractivity contribution in [1.29, 1.82) is 0 Å². The maximum Gasteiger partial charge on any atom is 0.257 e. The highest BCUT2D eigenvalue weighted by Gasteiger charge is 2.45. The molecule has 122 valence electrons. The monoisotopic (exact) mass is 322 g/mol. The van der Waals surface area contributed by atoms with Gasteiger partial charge in [0, 0.05) is 25.4 Å². The van der Waals surface area contributed by atoms with Gasteiger partial charge in [-0.2, -0.15) is 0 Å². The van der Waals surface area contributed by atoms with Crippen molar-refractivity contribution >= 4 is 23.6 Å². The van der Waals surface area contributed by atoms with Gasteiger partial charge in [0.15, 0.2) is 0 Å². The molecule has 1 aliphatic rings. The lowest BCUT2D eigenvalue weighted by Crippen LogP contribution is -2.62. The Hall–Kier alpha value is -0.890. The fourth-order valence-corrected chi connectivity index (χ4v) is 2.03. The number of hydrogen-bond donors (Lipinski definition) is 0. The molecule has 1 heterocycles. The molecule has 0 aliphatic carbocycles. The van der Waals surface area contributed by atoms with Crippen LogP contribution in [0.3, 0.4) is 0 Å². The molecule has 1 saturated heterocycles. The van der Waals surface area contributed by atoms with Crippen LogP contribution >= 0.6 is 11.8 Å². The van der Waals surface area contributed by atoms with E-state index in [2.05, 4.69) is 0 Å². The zero-order valence-electron chi connectivity index (χ0n) is 12.8. The highest BCUT2D eigenvalue weighted by atomic mass is 35.5. The molecule has 1 fully saturated rings. The van der Waals surface area contributed by atoms with E-state index in [1.54, 1.807) is 21.0 Å². The number of methoxy groups -OCH3 is 1. The van der Waals surface area contributed by atoms with Crippen molar-refractivity contribution in [1.82, 2.24) is 9.32 Å². The largest absolute Gasteiger partial charge is 0.382 e. The van der Waals surface area contributed by atoms with Gasteiger partial charge in [-0.25, -0.2) is 4.42 Å². The Bertz CT molecular complexity index is 364. The Morgan fingerprint density at radius 3 is 2.29 bits per heavy atom. The van der Waals surface area contributed by atoms with Crippen LogP contribution in [0.15, 0.2) is 0 Å². The molecule has 0 aromatic carbocycles. The molecule has 2 amide bonds. The summed E-state index contributed by atoms with van der Waals surface area (Å²) in [4.78, 5) is 25.4. The lowest BCUT2D eigenvalue weighted by atomic mass is 10.0. The summed E-state index contributed by atoms with van der Waals surface area (Å²) in [6.45, 7) is 5.92.